The van der Waals surface area contributed by atoms with Crippen molar-refractivity contribution < 1.29 is 18.3 Å². The van der Waals surface area contributed by atoms with Crippen molar-refractivity contribution in [3.8, 4) is 0 Å². The maximum atomic E-state index is 12.1. The molecule has 0 unspecified atom stereocenters. The highest BCUT2D eigenvalue weighted by Gasteiger charge is 2.22. The topological polar surface area (TPSA) is 112 Å². The molecule has 0 saturated heterocycles. The predicted molar refractivity (Wildman–Crippen MR) is 79.4 cm³/mol. The average molecular weight is 329 g/mol. The highest BCUT2D eigenvalue weighted by molar-refractivity contribution is 7.93. The van der Waals surface area contributed by atoms with Gasteiger partial charge in [0.05, 0.1) is 5.69 Å². The van der Waals surface area contributed by atoms with Crippen molar-refractivity contribution in [1.82, 2.24) is 9.97 Å². The van der Waals surface area contributed by atoms with Crippen molar-refractivity contribution >= 4 is 32.5 Å². The number of aromatic amines is 1. The lowest BCUT2D eigenvalue weighted by Gasteiger charge is -2.14. The van der Waals surface area contributed by atoms with E-state index in [1.54, 1.807) is 5.38 Å². The lowest BCUT2D eigenvalue weighted by atomic mass is 9.93. The molecule has 2 aromatic heterocycles. The quantitative estimate of drug-likeness (QED) is 0.796. The van der Waals surface area contributed by atoms with Gasteiger partial charge in [-0.3, -0.25) is 4.72 Å². The number of aromatic carboxylic acids is 1. The number of anilines is 1. The second-order valence-corrected chi connectivity index (χ2v) is 7.99. The Morgan fingerprint density at radius 3 is 2.57 bits per heavy atom. The minimum absolute atomic E-state index is 0.146. The molecule has 3 N–H and O–H groups in total. The van der Waals surface area contributed by atoms with Crippen LogP contribution in [0, 0.1) is 0 Å². The summed E-state index contributed by atoms with van der Waals surface area (Å²) in [6.45, 7) is 5.93. The first-order valence-electron chi connectivity index (χ1n) is 6.00. The molecule has 0 aliphatic carbocycles. The van der Waals surface area contributed by atoms with Crippen molar-refractivity contribution in [1.29, 1.82) is 0 Å². The Hall–Kier alpha value is -1.87. The van der Waals surface area contributed by atoms with Crippen LogP contribution < -0.4 is 4.72 Å². The van der Waals surface area contributed by atoms with Crippen LogP contribution >= 0.6 is 11.3 Å². The number of hydrogen-bond acceptors (Lipinski definition) is 5. The fourth-order valence-electron chi connectivity index (χ4n) is 1.49. The zero-order valence-corrected chi connectivity index (χ0v) is 13.3. The third kappa shape index (κ3) is 3.42. The summed E-state index contributed by atoms with van der Waals surface area (Å²) in [5, 5.41) is 10.8. The van der Waals surface area contributed by atoms with E-state index in [0.717, 1.165) is 18.0 Å². The van der Waals surface area contributed by atoms with E-state index in [1.165, 1.54) is 11.3 Å². The fourth-order valence-corrected chi connectivity index (χ4v) is 3.67. The predicted octanol–water partition coefficient (Wildman–Crippen LogP) is 2.27. The first-order chi connectivity index (χ1) is 9.59. The molecular weight excluding hydrogens is 314 g/mol. The van der Waals surface area contributed by atoms with Crippen LogP contribution in [0.3, 0.4) is 0 Å². The van der Waals surface area contributed by atoms with E-state index in [2.05, 4.69) is 14.7 Å². The number of aromatic nitrogens is 2. The Morgan fingerprint density at radius 1 is 1.43 bits per heavy atom. The van der Waals surface area contributed by atoms with Gasteiger partial charge in [0, 0.05) is 17.0 Å². The van der Waals surface area contributed by atoms with Gasteiger partial charge in [-0.1, -0.05) is 20.8 Å². The summed E-state index contributed by atoms with van der Waals surface area (Å²) in [5.74, 6) is -1.22. The molecule has 2 heterocycles. The van der Waals surface area contributed by atoms with Crippen molar-refractivity contribution in [2.75, 3.05) is 4.72 Å². The molecule has 2 aromatic rings. The summed E-state index contributed by atoms with van der Waals surface area (Å²) >= 11 is 1.18. The summed E-state index contributed by atoms with van der Waals surface area (Å²) in [4.78, 5) is 17.2. The van der Waals surface area contributed by atoms with Crippen LogP contribution in [-0.2, 0) is 15.4 Å². The van der Waals surface area contributed by atoms with Crippen LogP contribution in [0.2, 0.25) is 0 Å². The largest absolute Gasteiger partial charge is 0.477 e. The number of hydrogen-bond donors (Lipinski definition) is 3. The number of carbonyl (C=O) groups is 1. The maximum absolute atomic E-state index is 12.1. The van der Waals surface area contributed by atoms with Crippen LogP contribution in [0.1, 0.15) is 37.0 Å². The third-order valence-electron chi connectivity index (χ3n) is 2.69. The van der Waals surface area contributed by atoms with Gasteiger partial charge >= 0.3 is 5.97 Å². The molecule has 0 fully saturated rings. The van der Waals surface area contributed by atoms with Crippen LogP contribution in [0.15, 0.2) is 22.5 Å². The van der Waals surface area contributed by atoms with E-state index in [4.69, 9.17) is 5.11 Å². The Kier molecular flexibility index (Phi) is 3.81. The molecule has 2 rings (SSSR count). The standard InChI is InChI=1S/C12H15N3O4S2/c1-12(2,3)9-6-20-11(14-9)15-21(18,19)7-4-8(10(16)17)13-5-7/h4-6,13H,1-3H3,(H,14,15)(H,16,17). The van der Waals surface area contributed by atoms with Gasteiger partial charge in [-0.15, -0.1) is 11.3 Å². The lowest BCUT2D eigenvalue weighted by molar-refractivity contribution is 0.0691. The van der Waals surface area contributed by atoms with Gasteiger partial charge in [0.1, 0.15) is 10.6 Å². The molecule has 0 spiro atoms. The first kappa shape index (κ1) is 15.5. The molecule has 0 aliphatic heterocycles. The lowest BCUT2D eigenvalue weighted by Crippen LogP contribution is -2.14. The first-order valence-corrected chi connectivity index (χ1v) is 8.36. The van der Waals surface area contributed by atoms with Crippen LogP contribution in [0.25, 0.3) is 0 Å². The van der Waals surface area contributed by atoms with Gasteiger partial charge in [-0.2, -0.15) is 0 Å². The van der Waals surface area contributed by atoms with E-state index in [-0.39, 0.29) is 21.1 Å². The minimum atomic E-state index is -3.85. The zero-order valence-electron chi connectivity index (χ0n) is 11.7. The molecule has 0 aromatic carbocycles. The van der Waals surface area contributed by atoms with Crippen LogP contribution in [0.4, 0.5) is 5.13 Å². The van der Waals surface area contributed by atoms with Gasteiger partial charge in [0.2, 0.25) is 0 Å². The van der Waals surface area contributed by atoms with Gasteiger partial charge < -0.3 is 10.1 Å². The summed E-state index contributed by atoms with van der Waals surface area (Å²) in [5.41, 5.74) is 0.417. The molecule has 0 bridgehead atoms. The van der Waals surface area contributed by atoms with E-state index in [1.807, 2.05) is 20.8 Å². The minimum Gasteiger partial charge on any atom is -0.477 e. The average Bonchev–Trinajstić information content (AvgIpc) is 2.94. The fraction of sp³-hybridized carbons (Fsp3) is 0.333. The monoisotopic (exact) mass is 329 g/mol. The molecule has 114 valence electrons. The highest BCUT2D eigenvalue weighted by Crippen LogP contribution is 2.27. The summed E-state index contributed by atoms with van der Waals surface area (Å²) in [6, 6.07) is 1.06. The molecule has 9 heteroatoms. The number of thiazole rings is 1. The van der Waals surface area contributed by atoms with Gasteiger partial charge in [-0.25, -0.2) is 18.2 Å². The van der Waals surface area contributed by atoms with Crippen molar-refractivity contribution in [3.05, 3.63) is 29.0 Å². The zero-order chi connectivity index (χ0) is 15.8. The Bertz CT molecular complexity index is 769. The number of rotatable bonds is 4. The number of nitrogens with zero attached hydrogens (tertiary/aromatic N) is 1. The Labute approximate surface area is 126 Å². The van der Waals surface area contributed by atoms with Gasteiger partial charge in [-0.05, 0) is 6.07 Å². The SMILES string of the molecule is CC(C)(C)c1csc(NS(=O)(=O)c2c[nH]c(C(=O)O)c2)n1. The second kappa shape index (κ2) is 5.15. The molecule has 7 nitrogen and oxygen atoms in total. The highest BCUT2D eigenvalue weighted by atomic mass is 32.2. The summed E-state index contributed by atoms with van der Waals surface area (Å²) < 4.78 is 26.6. The van der Waals surface area contributed by atoms with Crippen LogP contribution in [-0.4, -0.2) is 29.5 Å². The number of carboxylic acid groups (broad SMARTS) is 1. The molecule has 0 aliphatic rings. The van der Waals surface area contributed by atoms with E-state index < -0.39 is 16.0 Å². The van der Waals surface area contributed by atoms with E-state index in [9.17, 15) is 13.2 Å². The van der Waals surface area contributed by atoms with Gasteiger partial charge in [0.15, 0.2) is 5.13 Å². The van der Waals surface area contributed by atoms with Crippen molar-refractivity contribution in [3.63, 3.8) is 0 Å². The third-order valence-corrected chi connectivity index (χ3v) is 4.90. The van der Waals surface area contributed by atoms with Crippen molar-refractivity contribution in [2.24, 2.45) is 0 Å². The number of carboxylic acids is 1. The maximum Gasteiger partial charge on any atom is 0.352 e. The van der Waals surface area contributed by atoms with E-state index >= 15 is 0 Å². The van der Waals surface area contributed by atoms with Gasteiger partial charge in [0.25, 0.3) is 10.0 Å². The number of nitrogens with one attached hydrogen (secondary N) is 2. The Morgan fingerprint density at radius 2 is 2.10 bits per heavy atom. The van der Waals surface area contributed by atoms with Crippen molar-refractivity contribution in [2.45, 2.75) is 31.1 Å². The number of H-pyrrole nitrogens is 1. The van der Waals surface area contributed by atoms with Crippen LogP contribution in [0.5, 0.6) is 0 Å². The smallest absolute Gasteiger partial charge is 0.352 e. The second-order valence-electron chi connectivity index (χ2n) is 5.45. The molecular formula is C12H15N3O4S2. The molecule has 0 radical (unpaired) electrons. The Balaban J connectivity index is 2.24. The molecule has 0 saturated carbocycles. The molecule has 0 amide bonds. The molecule has 21 heavy (non-hydrogen) atoms. The normalized spacial score (nSPS) is 12.3. The summed E-state index contributed by atoms with van der Waals surface area (Å²) in [6.07, 6.45) is 1.13. The van der Waals surface area contributed by atoms with E-state index in [0.29, 0.717) is 0 Å². The summed E-state index contributed by atoms with van der Waals surface area (Å²) in [7, 11) is -3.85. The molecule has 0 atom stereocenters. The number of sulfonamides is 1.